The highest BCUT2D eigenvalue weighted by atomic mass is 16.2. The van der Waals surface area contributed by atoms with Crippen LogP contribution in [0.3, 0.4) is 0 Å². The van der Waals surface area contributed by atoms with E-state index in [0.29, 0.717) is 6.54 Å². The van der Waals surface area contributed by atoms with Crippen molar-refractivity contribution in [3.63, 3.8) is 0 Å². The topological polar surface area (TPSA) is 84.7 Å². The minimum Gasteiger partial charge on any atom is -0.333 e. The normalized spacial score (nSPS) is 31.8. The van der Waals surface area contributed by atoms with E-state index in [0.717, 1.165) is 48.4 Å². The van der Waals surface area contributed by atoms with Crippen LogP contribution in [0.5, 0.6) is 0 Å². The van der Waals surface area contributed by atoms with E-state index in [1.807, 2.05) is 18.3 Å². The van der Waals surface area contributed by atoms with Gasteiger partial charge in [-0.25, -0.2) is 9.48 Å². The zero-order chi connectivity index (χ0) is 17.6. The maximum absolute atomic E-state index is 12.5. The summed E-state index contributed by atoms with van der Waals surface area (Å²) in [5, 5.41) is 14.5. The molecule has 4 bridgehead atoms. The van der Waals surface area contributed by atoms with Crippen molar-refractivity contribution < 1.29 is 4.79 Å². The maximum atomic E-state index is 12.5. The zero-order valence-corrected chi connectivity index (χ0v) is 14.8. The third-order valence-corrected chi connectivity index (χ3v) is 6.30. The monoisotopic (exact) mass is 352 g/mol. The minimum atomic E-state index is -0.0807. The Labute approximate surface area is 152 Å². The lowest BCUT2D eigenvalue weighted by Crippen LogP contribution is -2.61. The van der Waals surface area contributed by atoms with Gasteiger partial charge in [-0.3, -0.25) is 4.98 Å². The fraction of sp³-hybridized carbons (Fsp3) is 0.579. The second kappa shape index (κ2) is 6.07. The molecule has 0 aliphatic heterocycles. The van der Waals surface area contributed by atoms with Gasteiger partial charge in [0.2, 0.25) is 0 Å². The quantitative estimate of drug-likeness (QED) is 0.885. The largest absolute Gasteiger partial charge is 0.333 e. The summed E-state index contributed by atoms with van der Waals surface area (Å²) in [6, 6.07) is 3.69. The van der Waals surface area contributed by atoms with Gasteiger partial charge in [-0.05, 0) is 68.4 Å². The Morgan fingerprint density at radius 2 is 1.92 bits per heavy atom. The highest BCUT2D eigenvalue weighted by Gasteiger charge is 2.51. The molecule has 2 N–H and O–H groups in total. The molecule has 0 saturated heterocycles. The van der Waals surface area contributed by atoms with Crippen molar-refractivity contribution in [3.05, 3.63) is 36.4 Å². The minimum absolute atomic E-state index is 0.0339. The Balaban J connectivity index is 1.19. The molecule has 0 spiro atoms. The highest BCUT2D eigenvalue weighted by molar-refractivity contribution is 5.74. The lowest BCUT2D eigenvalue weighted by molar-refractivity contribution is -0.0135. The number of hydrogen-bond acceptors (Lipinski definition) is 4. The third kappa shape index (κ3) is 2.95. The van der Waals surface area contributed by atoms with Crippen molar-refractivity contribution >= 4 is 6.03 Å². The van der Waals surface area contributed by atoms with E-state index in [4.69, 9.17) is 0 Å². The van der Waals surface area contributed by atoms with Gasteiger partial charge in [0, 0.05) is 11.7 Å². The van der Waals surface area contributed by atoms with Gasteiger partial charge in [-0.1, -0.05) is 5.21 Å². The molecule has 2 amide bonds. The average Bonchev–Trinajstić information content (AvgIpc) is 3.08. The van der Waals surface area contributed by atoms with Crippen molar-refractivity contribution in [2.45, 2.75) is 50.6 Å². The number of carbonyl (C=O) groups is 1. The maximum Gasteiger partial charge on any atom is 0.315 e. The van der Waals surface area contributed by atoms with Gasteiger partial charge < -0.3 is 10.6 Å². The number of nitrogens with one attached hydrogen (secondary N) is 2. The molecule has 2 aromatic rings. The first kappa shape index (κ1) is 15.8. The van der Waals surface area contributed by atoms with Gasteiger partial charge in [0.05, 0.1) is 24.6 Å². The molecule has 0 unspecified atom stereocenters. The number of nitrogens with zero attached hydrogens (tertiary/aromatic N) is 4. The number of aromatic nitrogens is 4. The number of rotatable bonds is 4. The molecule has 4 aliphatic carbocycles. The molecule has 2 heterocycles. The second-order valence-corrected chi connectivity index (χ2v) is 8.37. The van der Waals surface area contributed by atoms with Crippen LogP contribution in [0.2, 0.25) is 0 Å². The summed E-state index contributed by atoms with van der Waals surface area (Å²) in [4.78, 5) is 16.6. The van der Waals surface area contributed by atoms with Crippen LogP contribution in [0.15, 0.2) is 30.7 Å². The van der Waals surface area contributed by atoms with E-state index in [-0.39, 0.29) is 11.6 Å². The van der Waals surface area contributed by atoms with Gasteiger partial charge in [-0.2, -0.15) is 0 Å². The highest BCUT2D eigenvalue weighted by Crippen LogP contribution is 2.55. The molecule has 0 radical (unpaired) electrons. The van der Waals surface area contributed by atoms with Crippen molar-refractivity contribution in [2.75, 3.05) is 0 Å². The fourth-order valence-electron chi connectivity index (χ4n) is 5.71. The third-order valence-electron chi connectivity index (χ3n) is 6.30. The smallest absolute Gasteiger partial charge is 0.315 e. The molecular formula is C19H24N6O. The molecule has 7 heteroatoms. The van der Waals surface area contributed by atoms with Crippen molar-refractivity contribution in [1.29, 1.82) is 0 Å². The fourth-order valence-corrected chi connectivity index (χ4v) is 5.71. The number of carbonyl (C=O) groups excluding carboxylic acids is 1. The Hall–Kier alpha value is -2.44. The molecule has 26 heavy (non-hydrogen) atoms. The Morgan fingerprint density at radius 3 is 2.58 bits per heavy atom. The van der Waals surface area contributed by atoms with Crippen LogP contribution in [0.4, 0.5) is 4.79 Å². The first-order valence-electron chi connectivity index (χ1n) is 9.55. The standard InChI is InChI=1S/C19H24N6O/c26-18(22-19-7-13-4-14(8-19)6-15(5-13)9-19)21-10-16-12-25(24-23-16)17-2-1-3-20-11-17/h1-3,11-15H,4-10H2,(H2,21,22,26). The summed E-state index contributed by atoms with van der Waals surface area (Å²) >= 11 is 0. The van der Waals surface area contributed by atoms with Gasteiger partial charge in [0.1, 0.15) is 5.69 Å². The van der Waals surface area contributed by atoms with Crippen molar-refractivity contribution in [1.82, 2.24) is 30.6 Å². The van der Waals surface area contributed by atoms with E-state index < -0.39 is 0 Å². The van der Waals surface area contributed by atoms with E-state index >= 15 is 0 Å². The number of hydrogen-bond donors (Lipinski definition) is 2. The number of amides is 2. The molecule has 4 saturated carbocycles. The Morgan fingerprint density at radius 1 is 1.19 bits per heavy atom. The van der Waals surface area contributed by atoms with Crippen molar-refractivity contribution in [3.8, 4) is 5.69 Å². The van der Waals surface area contributed by atoms with Crippen LogP contribution >= 0.6 is 0 Å². The summed E-state index contributed by atoms with van der Waals surface area (Å²) in [5.74, 6) is 2.46. The molecule has 4 fully saturated rings. The van der Waals surface area contributed by atoms with Crippen LogP contribution in [0, 0.1) is 17.8 Å². The van der Waals surface area contributed by atoms with Crippen LogP contribution < -0.4 is 10.6 Å². The van der Waals surface area contributed by atoms with Gasteiger partial charge in [-0.15, -0.1) is 5.10 Å². The van der Waals surface area contributed by atoms with Crippen LogP contribution in [0.25, 0.3) is 5.69 Å². The van der Waals surface area contributed by atoms with Crippen LogP contribution in [-0.2, 0) is 6.54 Å². The molecule has 7 nitrogen and oxygen atoms in total. The molecule has 0 aromatic carbocycles. The molecule has 4 aliphatic rings. The lowest BCUT2D eigenvalue weighted by Gasteiger charge is -2.56. The number of urea groups is 1. The Bertz CT molecular complexity index is 766. The number of pyridine rings is 1. The van der Waals surface area contributed by atoms with Crippen molar-refractivity contribution in [2.24, 2.45) is 17.8 Å². The van der Waals surface area contributed by atoms with Gasteiger partial charge in [0.25, 0.3) is 0 Å². The van der Waals surface area contributed by atoms with E-state index in [1.54, 1.807) is 17.1 Å². The zero-order valence-electron chi connectivity index (χ0n) is 14.8. The summed E-state index contributed by atoms with van der Waals surface area (Å²) in [5.41, 5.74) is 1.62. The van der Waals surface area contributed by atoms with E-state index in [1.165, 1.54) is 19.3 Å². The van der Waals surface area contributed by atoms with Gasteiger partial charge >= 0.3 is 6.03 Å². The summed E-state index contributed by atoms with van der Waals surface area (Å²) in [6.07, 6.45) is 12.9. The van der Waals surface area contributed by atoms with Gasteiger partial charge in [0.15, 0.2) is 0 Å². The molecule has 2 aromatic heterocycles. The first-order chi connectivity index (χ1) is 12.7. The average molecular weight is 352 g/mol. The molecule has 0 atom stereocenters. The first-order valence-corrected chi connectivity index (χ1v) is 9.55. The molecule has 136 valence electrons. The SMILES string of the molecule is O=C(NCc1cn(-c2cccnc2)nn1)NC12CC3CC(CC(C3)C1)C2. The Kier molecular flexibility index (Phi) is 3.69. The molecule has 6 rings (SSSR count). The van der Waals surface area contributed by atoms with Crippen LogP contribution in [0.1, 0.15) is 44.2 Å². The van der Waals surface area contributed by atoms with E-state index in [9.17, 15) is 4.79 Å². The predicted octanol–water partition coefficient (Wildman–Crippen LogP) is 2.43. The lowest BCUT2D eigenvalue weighted by atomic mass is 9.53. The van der Waals surface area contributed by atoms with E-state index in [2.05, 4.69) is 25.9 Å². The second-order valence-electron chi connectivity index (χ2n) is 8.37. The summed E-state index contributed by atoms with van der Waals surface area (Å²) in [6.45, 7) is 0.373. The molecular weight excluding hydrogens is 328 g/mol. The predicted molar refractivity (Wildman–Crippen MR) is 95.4 cm³/mol. The van der Waals surface area contributed by atoms with Crippen LogP contribution in [-0.4, -0.2) is 31.5 Å². The summed E-state index contributed by atoms with van der Waals surface area (Å²) in [7, 11) is 0. The summed E-state index contributed by atoms with van der Waals surface area (Å²) < 4.78 is 1.67.